The Balaban J connectivity index is 1.34. The highest BCUT2D eigenvalue weighted by Crippen LogP contribution is 2.63. The second-order valence-corrected chi connectivity index (χ2v) is 11.0. The number of carbonyl (C=O) groups is 1. The Morgan fingerprint density at radius 3 is 2.89 bits per heavy atom. The molecule has 2 fully saturated rings. The van der Waals surface area contributed by atoms with E-state index in [1.807, 2.05) is 42.3 Å². The number of benzene rings is 2. The topological polar surface area (TPSA) is 53.0 Å². The maximum atomic E-state index is 13.3. The van der Waals surface area contributed by atoms with Gasteiger partial charge >= 0.3 is 0 Å². The zero-order chi connectivity index (χ0) is 25.2. The number of phenols is 1. The third kappa shape index (κ3) is 3.24. The number of nitrogens with zero attached hydrogens (tertiary/aromatic N) is 2. The number of amides is 1. The van der Waals surface area contributed by atoms with Crippen molar-refractivity contribution in [2.24, 2.45) is 5.92 Å². The van der Waals surface area contributed by atoms with Gasteiger partial charge in [0.2, 0.25) is 0 Å². The highest BCUT2D eigenvalue weighted by Gasteiger charge is 2.66. The van der Waals surface area contributed by atoms with Gasteiger partial charge in [0.1, 0.15) is 17.6 Å². The molecule has 1 saturated heterocycles. The van der Waals surface area contributed by atoms with Crippen molar-refractivity contribution in [2.75, 3.05) is 20.1 Å². The summed E-state index contributed by atoms with van der Waals surface area (Å²) in [7, 11) is 1.87. The van der Waals surface area contributed by atoms with E-state index in [0.29, 0.717) is 17.7 Å². The standard InChI is InChI=1S/C31H34N2O3/c1-5-15-33-16-14-31-23-9-10-24(32(4)28(35)13-8-21-7-6-19(2)20(3)17-21)30(31)36-27-12-11-26(34)22(29(27)31)18-25(23)33/h5-7,11-12,17,23-25,30,34H,1,9-10,14-16,18H2,2-4H3/t23-,24-,25+,30-,31-/m0/s1. The van der Waals surface area contributed by atoms with Gasteiger partial charge in [-0.2, -0.15) is 0 Å². The largest absolute Gasteiger partial charge is 0.508 e. The second-order valence-electron chi connectivity index (χ2n) is 11.0. The molecule has 1 amide bonds. The van der Waals surface area contributed by atoms with Crippen molar-refractivity contribution in [3.8, 4) is 23.3 Å². The summed E-state index contributed by atoms with van der Waals surface area (Å²) in [5.74, 6) is 7.49. The molecule has 0 unspecified atom stereocenters. The Kier molecular flexibility index (Phi) is 5.42. The molecule has 5 atom stereocenters. The number of ether oxygens (including phenoxy) is 1. The first-order valence-electron chi connectivity index (χ1n) is 13.1. The molecule has 186 valence electrons. The monoisotopic (exact) mass is 482 g/mol. The third-order valence-corrected chi connectivity index (χ3v) is 9.42. The van der Waals surface area contributed by atoms with Crippen LogP contribution in [0.15, 0.2) is 43.0 Å². The maximum absolute atomic E-state index is 13.3. The van der Waals surface area contributed by atoms with Crippen molar-refractivity contribution < 1.29 is 14.6 Å². The number of hydrogen-bond acceptors (Lipinski definition) is 4. The van der Waals surface area contributed by atoms with Crippen LogP contribution in [0, 0.1) is 31.6 Å². The molecule has 2 aromatic rings. The van der Waals surface area contributed by atoms with Crippen molar-refractivity contribution in [1.29, 1.82) is 0 Å². The van der Waals surface area contributed by atoms with Gasteiger partial charge in [0.25, 0.3) is 5.91 Å². The Morgan fingerprint density at radius 1 is 1.28 bits per heavy atom. The summed E-state index contributed by atoms with van der Waals surface area (Å²) in [6.07, 6.45) is 5.57. The Bertz CT molecular complexity index is 1320. The van der Waals surface area contributed by atoms with E-state index in [1.165, 1.54) is 16.7 Å². The molecule has 36 heavy (non-hydrogen) atoms. The summed E-state index contributed by atoms with van der Waals surface area (Å²) in [4.78, 5) is 17.6. The molecule has 5 heteroatoms. The maximum Gasteiger partial charge on any atom is 0.298 e. The number of hydrogen-bond donors (Lipinski definition) is 1. The molecule has 2 aromatic carbocycles. The van der Waals surface area contributed by atoms with Gasteiger partial charge in [-0.3, -0.25) is 9.69 Å². The lowest BCUT2D eigenvalue weighted by Gasteiger charge is -2.60. The van der Waals surface area contributed by atoms with Crippen LogP contribution in [0.5, 0.6) is 11.5 Å². The number of aromatic hydroxyl groups is 1. The first-order valence-corrected chi connectivity index (χ1v) is 13.1. The molecule has 0 radical (unpaired) electrons. The zero-order valence-electron chi connectivity index (χ0n) is 21.4. The van der Waals surface area contributed by atoms with Crippen LogP contribution in [-0.2, 0) is 16.6 Å². The van der Waals surface area contributed by atoms with E-state index in [0.717, 1.165) is 55.6 Å². The Labute approximate surface area is 213 Å². The molecular formula is C31H34N2O3. The minimum atomic E-state index is -0.178. The molecule has 1 spiro atoms. The molecule has 0 aromatic heterocycles. The van der Waals surface area contributed by atoms with E-state index in [1.54, 1.807) is 6.07 Å². The smallest absolute Gasteiger partial charge is 0.298 e. The van der Waals surface area contributed by atoms with Crippen LogP contribution in [-0.4, -0.2) is 59.1 Å². The molecule has 5 nitrogen and oxygen atoms in total. The minimum absolute atomic E-state index is 0.0603. The van der Waals surface area contributed by atoms with Crippen molar-refractivity contribution >= 4 is 5.91 Å². The van der Waals surface area contributed by atoms with E-state index in [2.05, 4.69) is 37.2 Å². The number of likely N-dealkylation sites (tertiary alicyclic amines) is 1. The fourth-order valence-corrected chi connectivity index (χ4v) is 7.58. The number of rotatable bonds is 3. The summed E-state index contributed by atoms with van der Waals surface area (Å²) in [5, 5.41) is 10.9. The molecule has 2 heterocycles. The van der Waals surface area contributed by atoms with Crippen molar-refractivity contribution in [2.45, 2.75) is 63.1 Å². The van der Waals surface area contributed by atoms with Crippen LogP contribution >= 0.6 is 0 Å². The third-order valence-electron chi connectivity index (χ3n) is 9.42. The van der Waals surface area contributed by atoms with Crippen LogP contribution < -0.4 is 4.74 Å². The van der Waals surface area contributed by atoms with Crippen LogP contribution in [0.1, 0.15) is 47.1 Å². The Hall–Kier alpha value is -3.23. The number of piperidine rings is 1. The first kappa shape index (κ1) is 23.2. The zero-order valence-corrected chi connectivity index (χ0v) is 21.4. The molecule has 2 aliphatic carbocycles. The van der Waals surface area contributed by atoms with Crippen LogP contribution in [0.2, 0.25) is 0 Å². The second kappa shape index (κ2) is 8.42. The first-order chi connectivity index (χ1) is 17.3. The van der Waals surface area contributed by atoms with E-state index < -0.39 is 0 Å². The fraction of sp³-hybridized carbons (Fsp3) is 0.452. The average molecular weight is 483 g/mol. The van der Waals surface area contributed by atoms with Gasteiger partial charge in [-0.1, -0.05) is 18.1 Å². The van der Waals surface area contributed by atoms with Gasteiger partial charge in [0.15, 0.2) is 0 Å². The minimum Gasteiger partial charge on any atom is -0.508 e. The lowest BCUT2D eigenvalue weighted by atomic mass is 9.51. The normalized spacial score (nSPS) is 29.4. The summed E-state index contributed by atoms with van der Waals surface area (Å²) in [6, 6.07) is 10.0. The molecule has 1 N–H and O–H groups in total. The van der Waals surface area contributed by atoms with Gasteiger partial charge in [-0.05, 0) is 87.4 Å². The summed E-state index contributed by atoms with van der Waals surface area (Å²) in [5.41, 5.74) is 5.31. The van der Waals surface area contributed by atoms with Gasteiger partial charge in [0.05, 0.1) is 6.04 Å². The van der Waals surface area contributed by atoms with E-state index in [9.17, 15) is 9.90 Å². The molecule has 1 saturated carbocycles. The van der Waals surface area contributed by atoms with Gasteiger partial charge < -0.3 is 14.7 Å². The van der Waals surface area contributed by atoms with Crippen molar-refractivity contribution in [3.63, 3.8) is 0 Å². The van der Waals surface area contributed by atoms with Gasteiger partial charge in [0, 0.05) is 47.7 Å². The molecule has 2 aliphatic heterocycles. The SMILES string of the molecule is C=CCN1CC[C@@]23c4c5ccc(O)c4C[C@@H]1[C@@H]2CC[C@H](N(C)C(=O)C#Cc1ccc(C)c(C)c1)[C@@H]3O5. The fourth-order valence-electron chi connectivity index (χ4n) is 7.58. The van der Waals surface area contributed by atoms with E-state index in [-0.39, 0.29) is 23.5 Å². The number of aryl methyl sites for hydroxylation is 2. The summed E-state index contributed by atoms with van der Waals surface area (Å²) >= 11 is 0. The van der Waals surface area contributed by atoms with Crippen LogP contribution in [0.4, 0.5) is 0 Å². The molecular weight excluding hydrogens is 448 g/mol. The van der Waals surface area contributed by atoms with Crippen molar-refractivity contribution in [3.05, 3.63) is 70.8 Å². The predicted octanol–water partition coefficient (Wildman–Crippen LogP) is 4.11. The quantitative estimate of drug-likeness (QED) is 0.528. The molecule has 2 bridgehead atoms. The average Bonchev–Trinajstić information content (AvgIpc) is 3.20. The van der Waals surface area contributed by atoms with Crippen LogP contribution in [0.3, 0.4) is 0 Å². The van der Waals surface area contributed by atoms with Gasteiger partial charge in [-0.15, -0.1) is 6.58 Å². The number of phenolic OH excluding ortho intramolecular Hbond substituents is 1. The number of likely N-dealkylation sites (N-methyl/N-ethyl adjacent to an activating group) is 1. The van der Waals surface area contributed by atoms with E-state index in [4.69, 9.17) is 4.74 Å². The predicted molar refractivity (Wildman–Crippen MR) is 140 cm³/mol. The van der Waals surface area contributed by atoms with Crippen LogP contribution in [0.25, 0.3) is 0 Å². The Morgan fingerprint density at radius 2 is 2.11 bits per heavy atom. The van der Waals surface area contributed by atoms with Gasteiger partial charge in [-0.25, -0.2) is 0 Å². The molecule has 4 aliphatic rings. The van der Waals surface area contributed by atoms with Crippen molar-refractivity contribution in [1.82, 2.24) is 9.80 Å². The summed E-state index contributed by atoms with van der Waals surface area (Å²) in [6.45, 7) is 9.94. The lowest BCUT2D eigenvalue weighted by molar-refractivity contribution is -0.134. The highest BCUT2D eigenvalue weighted by molar-refractivity contribution is 5.94. The lowest BCUT2D eigenvalue weighted by Crippen LogP contribution is -2.68. The number of carbonyl (C=O) groups excluding carboxylic acids is 1. The molecule has 6 rings (SSSR count). The van der Waals surface area contributed by atoms with E-state index >= 15 is 0 Å². The summed E-state index contributed by atoms with van der Waals surface area (Å²) < 4.78 is 6.71. The highest BCUT2D eigenvalue weighted by atomic mass is 16.5.